The molecule has 0 fully saturated rings. The fourth-order valence-electron chi connectivity index (χ4n) is 6.10. The van der Waals surface area contributed by atoms with Gasteiger partial charge in [-0.3, -0.25) is 9.98 Å². The van der Waals surface area contributed by atoms with Gasteiger partial charge in [-0.2, -0.15) is 0 Å². The lowest BCUT2D eigenvalue weighted by atomic mass is 10.1. The fourth-order valence-corrected chi connectivity index (χ4v) is 6.10. The minimum absolute atomic E-state index is 0.105. The molecule has 308 valence electrons. The molecule has 0 aliphatic rings. The van der Waals surface area contributed by atoms with Crippen LogP contribution in [0.4, 0.5) is 15.8 Å². The number of rotatable bonds is 24. The summed E-state index contributed by atoms with van der Waals surface area (Å²) in [7, 11) is 0. The van der Waals surface area contributed by atoms with Crippen molar-refractivity contribution < 1.29 is 32.9 Å². The Morgan fingerprint density at radius 2 is 0.847 bits per heavy atom. The first-order valence-electron chi connectivity index (χ1n) is 20.9. The predicted molar refractivity (Wildman–Crippen MR) is 234 cm³/mol. The summed E-state index contributed by atoms with van der Waals surface area (Å²) < 4.78 is 37.1. The molecule has 0 bridgehead atoms. The van der Waals surface area contributed by atoms with E-state index in [-0.39, 0.29) is 22.6 Å². The van der Waals surface area contributed by atoms with Crippen LogP contribution in [0.25, 0.3) is 0 Å². The molecule has 0 saturated carbocycles. The number of carbonyl (C=O) groups is 2. The van der Waals surface area contributed by atoms with E-state index in [0.29, 0.717) is 13.2 Å². The van der Waals surface area contributed by atoms with Crippen LogP contribution < -0.4 is 18.9 Å². The van der Waals surface area contributed by atoms with Crippen molar-refractivity contribution in [3.63, 3.8) is 0 Å². The van der Waals surface area contributed by atoms with E-state index in [1.165, 1.54) is 70.3 Å². The second-order valence-corrected chi connectivity index (χ2v) is 14.4. The van der Waals surface area contributed by atoms with Gasteiger partial charge in [0.2, 0.25) is 0 Å². The molecule has 0 radical (unpaired) electrons. The first-order valence-corrected chi connectivity index (χ1v) is 20.9. The highest BCUT2D eigenvalue weighted by Gasteiger charge is 2.14. The van der Waals surface area contributed by atoms with Gasteiger partial charge in [0, 0.05) is 30.6 Å². The number of esters is 2. The van der Waals surface area contributed by atoms with Gasteiger partial charge in [0.05, 0.1) is 35.7 Å². The highest BCUT2D eigenvalue weighted by atomic mass is 19.1. The lowest BCUT2D eigenvalue weighted by Crippen LogP contribution is -2.11. The maximum atomic E-state index is 14.5. The Kier molecular flexibility index (Phi) is 18.4. The first kappa shape index (κ1) is 44.0. The maximum absolute atomic E-state index is 14.5. The highest BCUT2D eigenvalue weighted by Crippen LogP contribution is 2.25. The van der Waals surface area contributed by atoms with E-state index in [1.807, 2.05) is 48.5 Å². The number of nitrogens with zero attached hydrogens (tertiary/aromatic N) is 2. The fraction of sp³-hybridized carbons (Fsp3) is 0.320. The van der Waals surface area contributed by atoms with Gasteiger partial charge in [-0.05, 0) is 96.8 Å². The summed E-state index contributed by atoms with van der Waals surface area (Å²) in [5.74, 6) is -0.696. The molecular formula is C50H55FN2O6. The molecule has 0 spiro atoms. The zero-order valence-electron chi connectivity index (χ0n) is 34.2. The molecule has 0 unspecified atom stereocenters. The van der Waals surface area contributed by atoms with E-state index in [0.717, 1.165) is 59.0 Å². The van der Waals surface area contributed by atoms with Gasteiger partial charge in [-0.15, -0.1) is 0 Å². The van der Waals surface area contributed by atoms with E-state index in [9.17, 15) is 14.0 Å². The third-order valence-electron chi connectivity index (χ3n) is 9.49. The summed E-state index contributed by atoms with van der Waals surface area (Å²) in [6.45, 7) is 5.85. The van der Waals surface area contributed by atoms with Gasteiger partial charge < -0.3 is 18.9 Å². The highest BCUT2D eigenvalue weighted by molar-refractivity contribution is 5.93. The van der Waals surface area contributed by atoms with Crippen molar-refractivity contribution in [2.24, 2.45) is 9.98 Å². The molecule has 0 amide bonds. The number of unbranched alkanes of at least 4 members (excludes halogenated alkanes) is 10. The van der Waals surface area contributed by atoms with E-state index in [4.69, 9.17) is 18.9 Å². The van der Waals surface area contributed by atoms with Crippen molar-refractivity contribution in [2.45, 2.75) is 90.9 Å². The molecule has 5 aromatic carbocycles. The SMILES string of the molecule is CCCCCCCCOc1ccc(N=Cc2ccc(C(=O)Oc3cc(F)cc(OC(=O)c4ccc(C=Nc5ccc(OCCCCCCCC)cc5)cc4)c3)cc2)cc1. The summed E-state index contributed by atoms with van der Waals surface area (Å²) in [5.41, 5.74) is 3.61. The molecule has 0 aromatic heterocycles. The lowest BCUT2D eigenvalue weighted by Gasteiger charge is -2.09. The monoisotopic (exact) mass is 798 g/mol. The average Bonchev–Trinajstić information content (AvgIpc) is 3.25. The van der Waals surface area contributed by atoms with Crippen LogP contribution >= 0.6 is 0 Å². The van der Waals surface area contributed by atoms with Crippen molar-refractivity contribution in [2.75, 3.05) is 13.2 Å². The van der Waals surface area contributed by atoms with Crippen LogP contribution in [-0.4, -0.2) is 37.6 Å². The topological polar surface area (TPSA) is 95.8 Å². The smallest absolute Gasteiger partial charge is 0.343 e. The lowest BCUT2D eigenvalue weighted by molar-refractivity contribution is 0.0732. The van der Waals surface area contributed by atoms with Crippen LogP contribution in [0.1, 0.15) is 123 Å². The number of carbonyl (C=O) groups excluding carboxylic acids is 2. The number of ether oxygens (including phenoxy) is 4. The normalized spacial score (nSPS) is 11.2. The van der Waals surface area contributed by atoms with Crippen LogP contribution in [0.2, 0.25) is 0 Å². The second-order valence-electron chi connectivity index (χ2n) is 14.4. The van der Waals surface area contributed by atoms with Crippen molar-refractivity contribution in [3.05, 3.63) is 143 Å². The predicted octanol–water partition coefficient (Wildman–Crippen LogP) is 13.2. The van der Waals surface area contributed by atoms with E-state index < -0.39 is 17.8 Å². The minimum Gasteiger partial charge on any atom is -0.494 e. The molecule has 0 aliphatic heterocycles. The number of benzene rings is 5. The first-order chi connectivity index (χ1) is 28.9. The molecule has 0 atom stereocenters. The Labute approximate surface area is 348 Å². The van der Waals surface area contributed by atoms with Crippen molar-refractivity contribution in [3.8, 4) is 23.0 Å². The van der Waals surface area contributed by atoms with Crippen molar-refractivity contribution >= 4 is 35.7 Å². The van der Waals surface area contributed by atoms with E-state index in [2.05, 4.69) is 23.8 Å². The third kappa shape index (κ3) is 16.0. The number of hydrogen-bond acceptors (Lipinski definition) is 8. The van der Waals surface area contributed by atoms with Crippen molar-refractivity contribution in [1.29, 1.82) is 0 Å². The van der Waals surface area contributed by atoms with E-state index >= 15 is 0 Å². The summed E-state index contributed by atoms with van der Waals surface area (Å²) in [4.78, 5) is 34.9. The zero-order valence-corrected chi connectivity index (χ0v) is 34.2. The summed E-state index contributed by atoms with van der Waals surface area (Å²) >= 11 is 0. The summed E-state index contributed by atoms with van der Waals surface area (Å²) in [6.07, 6.45) is 18.0. The molecule has 59 heavy (non-hydrogen) atoms. The largest absolute Gasteiger partial charge is 0.494 e. The Bertz CT molecular complexity index is 1930. The van der Waals surface area contributed by atoms with Gasteiger partial charge >= 0.3 is 11.9 Å². The number of aliphatic imine (C=N–C) groups is 2. The number of halogens is 1. The van der Waals surface area contributed by atoms with Crippen LogP contribution in [0.15, 0.2) is 125 Å². The quantitative estimate of drug-likeness (QED) is 0.0267. The van der Waals surface area contributed by atoms with Gasteiger partial charge in [0.15, 0.2) is 0 Å². The molecule has 8 nitrogen and oxygen atoms in total. The zero-order chi connectivity index (χ0) is 41.5. The van der Waals surface area contributed by atoms with Gasteiger partial charge in [0.25, 0.3) is 0 Å². The Hall–Kier alpha value is -6.09. The molecule has 9 heteroatoms. The van der Waals surface area contributed by atoms with E-state index in [1.54, 1.807) is 61.0 Å². The molecule has 0 saturated heterocycles. The van der Waals surface area contributed by atoms with Crippen molar-refractivity contribution in [1.82, 2.24) is 0 Å². The molecule has 0 N–H and O–H groups in total. The van der Waals surface area contributed by atoms with Gasteiger partial charge in [-0.25, -0.2) is 14.0 Å². The van der Waals surface area contributed by atoms with Gasteiger partial charge in [0.1, 0.15) is 28.8 Å². The molecule has 5 aromatic rings. The third-order valence-corrected chi connectivity index (χ3v) is 9.49. The van der Waals surface area contributed by atoms with Crippen LogP contribution in [0.5, 0.6) is 23.0 Å². The molecule has 0 aliphatic carbocycles. The minimum atomic E-state index is -0.731. The Morgan fingerprint density at radius 3 is 1.24 bits per heavy atom. The Morgan fingerprint density at radius 1 is 0.475 bits per heavy atom. The standard InChI is InChI=1S/C50H55FN2O6/c1-3-5-7-9-11-13-31-56-45-27-23-43(24-28-45)52-36-38-15-19-40(20-16-38)49(54)58-47-33-42(51)34-48(35-47)59-50(55)41-21-17-39(18-22-41)37-53-44-25-29-46(30-26-44)57-32-14-12-10-8-6-4-2/h15-30,33-37H,3-14,31-32H2,1-2H3. The maximum Gasteiger partial charge on any atom is 0.343 e. The Balaban J connectivity index is 1.06. The molecule has 5 rings (SSSR count). The summed E-state index contributed by atoms with van der Waals surface area (Å²) in [6, 6.07) is 31.9. The summed E-state index contributed by atoms with van der Waals surface area (Å²) in [5, 5.41) is 0. The van der Waals surface area contributed by atoms with Crippen LogP contribution in [-0.2, 0) is 0 Å². The molecular weight excluding hydrogens is 744 g/mol. The van der Waals surface area contributed by atoms with Gasteiger partial charge in [-0.1, -0.05) is 102 Å². The second kappa shape index (κ2) is 24.6. The average molecular weight is 799 g/mol. The molecule has 0 heterocycles. The van der Waals surface area contributed by atoms with Crippen LogP contribution in [0.3, 0.4) is 0 Å². The number of hydrogen-bond donors (Lipinski definition) is 0. The van der Waals surface area contributed by atoms with Crippen LogP contribution in [0, 0.1) is 5.82 Å².